The monoisotopic (exact) mass is 379 g/mol. The molecular weight excluding hydrogens is 342 g/mol. The highest BCUT2D eigenvalue weighted by atomic mass is 16.5. The van der Waals surface area contributed by atoms with Crippen LogP contribution in [-0.2, 0) is 22.6 Å². The van der Waals surface area contributed by atoms with Crippen LogP contribution in [0.25, 0.3) is 0 Å². The number of aryl methyl sites for hydroxylation is 1. The fourth-order valence-corrected chi connectivity index (χ4v) is 3.58. The highest BCUT2D eigenvalue weighted by molar-refractivity contribution is 5.79. The van der Waals surface area contributed by atoms with Crippen molar-refractivity contribution < 1.29 is 9.47 Å². The minimum absolute atomic E-state index is 0.438. The third-order valence-corrected chi connectivity index (χ3v) is 5.25. The van der Waals surface area contributed by atoms with Crippen molar-refractivity contribution in [2.45, 2.75) is 71.6 Å². The van der Waals surface area contributed by atoms with Gasteiger partial charge in [0.25, 0.3) is 0 Å². The number of rotatable bonds is 9. The van der Waals surface area contributed by atoms with Crippen LogP contribution in [0.3, 0.4) is 0 Å². The number of methoxy groups -OCH3 is 1. The van der Waals surface area contributed by atoms with Gasteiger partial charge >= 0.3 is 0 Å². The van der Waals surface area contributed by atoms with E-state index in [0.29, 0.717) is 19.3 Å². The molecule has 0 unspecified atom stereocenters. The molecule has 1 fully saturated rings. The molecule has 27 heavy (non-hydrogen) atoms. The lowest BCUT2D eigenvalue weighted by Gasteiger charge is -2.17. The lowest BCUT2D eigenvalue weighted by atomic mass is 10.1. The van der Waals surface area contributed by atoms with E-state index in [1.54, 1.807) is 14.2 Å². The van der Waals surface area contributed by atoms with Crippen molar-refractivity contribution in [3.63, 3.8) is 0 Å². The Balaban J connectivity index is 1.73. The van der Waals surface area contributed by atoms with Crippen LogP contribution in [0.4, 0.5) is 0 Å². The number of hydrogen-bond donors (Lipinski definition) is 2. The summed E-state index contributed by atoms with van der Waals surface area (Å²) < 4.78 is 13.2. The van der Waals surface area contributed by atoms with E-state index in [4.69, 9.17) is 9.47 Å². The second-order valence-electron chi connectivity index (χ2n) is 7.20. The third-order valence-electron chi connectivity index (χ3n) is 5.25. The molecule has 1 saturated carbocycles. The molecule has 0 spiro atoms. The molecule has 7 heteroatoms. The summed E-state index contributed by atoms with van der Waals surface area (Å²) >= 11 is 0. The summed E-state index contributed by atoms with van der Waals surface area (Å²) in [4.78, 5) is 4.31. The average molecular weight is 380 g/mol. The Morgan fingerprint density at radius 1 is 1.15 bits per heavy atom. The highest BCUT2D eigenvalue weighted by Gasteiger charge is 2.13. The summed E-state index contributed by atoms with van der Waals surface area (Å²) in [6, 6.07) is 0. The van der Waals surface area contributed by atoms with Crippen molar-refractivity contribution in [1.29, 1.82) is 0 Å². The first-order valence-corrected chi connectivity index (χ1v) is 10.2. The molecule has 2 N–H and O–H groups in total. The van der Waals surface area contributed by atoms with Gasteiger partial charge in [0.2, 0.25) is 0 Å². The van der Waals surface area contributed by atoms with Gasteiger partial charge in [-0.25, -0.2) is 0 Å². The molecule has 0 amide bonds. The standard InChI is InChI=1S/C20H37N5O2/c1-16-19(17(2)25(24-16)12-14-26-4)15-23-20(21-3)22-11-13-27-18-9-7-5-6-8-10-18/h18H,5-15H2,1-4H3,(H2,21,22,23). The topological polar surface area (TPSA) is 72.7 Å². The summed E-state index contributed by atoms with van der Waals surface area (Å²) in [6.45, 7) is 7.77. The second kappa shape index (κ2) is 12.0. The molecule has 1 aliphatic rings. The average Bonchev–Trinajstić information content (AvgIpc) is 2.85. The Kier molecular flexibility index (Phi) is 9.62. The van der Waals surface area contributed by atoms with E-state index >= 15 is 0 Å². The molecule has 1 aromatic rings. The summed E-state index contributed by atoms with van der Waals surface area (Å²) in [6.07, 6.45) is 8.17. The van der Waals surface area contributed by atoms with E-state index in [1.807, 2.05) is 11.6 Å². The predicted molar refractivity (Wildman–Crippen MR) is 109 cm³/mol. The zero-order valence-corrected chi connectivity index (χ0v) is 17.5. The third kappa shape index (κ3) is 7.14. The Bertz CT molecular complexity index is 577. The van der Waals surface area contributed by atoms with Crippen molar-refractivity contribution in [1.82, 2.24) is 20.4 Å². The predicted octanol–water partition coefficient (Wildman–Crippen LogP) is 2.55. The van der Waals surface area contributed by atoms with Crippen molar-refractivity contribution in [3.8, 4) is 0 Å². The van der Waals surface area contributed by atoms with Crippen molar-refractivity contribution in [3.05, 3.63) is 17.0 Å². The molecule has 1 aromatic heterocycles. The van der Waals surface area contributed by atoms with Gasteiger partial charge in [-0.05, 0) is 26.7 Å². The van der Waals surface area contributed by atoms with Crippen LogP contribution in [0.1, 0.15) is 55.5 Å². The fraction of sp³-hybridized carbons (Fsp3) is 0.800. The van der Waals surface area contributed by atoms with Crippen LogP contribution in [0.2, 0.25) is 0 Å². The first-order chi connectivity index (χ1) is 13.2. The van der Waals surface area contributed by atoms with E-state index < -0.39 is 0 Å². The summed E-state index contributed by atoms with van der Waals surface area (Å²) in [7, 11) is 3.51. The van der Waals surface area contributed by atoms with Gasteiger partial charge in [-0.3, -0.25) is 9.67 Å². The minimum Gasteiger partial charge on any atom is -0.383 e. The van der Waals surface area contributed by atoms with Crippen molar-refractivity contribution in [2.75, 3.05) is 33.9 Å². The van der Waals surface area contributed by atoms with Gasteiger partial charge in [0.05, 0.1) is 31.6 Å². The minimum atomic E-state index is 0.438. The van der Waals surface area contributed by atoms with E-state index in [2.05, 4.69) is 27.6 Å². The van der Waals surface area contributed by atoms with E-state index in [9.17, 15) is 0 Å². The SMILES string of the molecule is CN=C(NCCOC1CCCCCC1)NCc1c(C)nn(CCOC)c1C. The molecule has 0 aromatic carbocycles. The molecule has 0 saturated heterocycles. The zero-order valence-electron chi connectivity index (χ0n) is 17.5. The molecule has 0 bridgehead atoms. The quantitative estimate of drug-likeness (QED) is 0.299. The smallest absolute Gasteiger partial charge is 0.191 e. The van der Waals surface area contributed by atoms with Gasteiger partial charge in [-0.2, -0.15) is 5.10 Å². The summed E-state index contributed by atoms with van der Waals surface area (Å²) in [5, 5.41) is 11.3. The number of ether oxygens (including phenoxy) is 2. The number of hydrogen-bond acceptors (Lipinski definition) is 4. The van der Waals surface area contributed by atoms with Crippen LogP contribution in [0, 0.1) is 13.8 Å². The Morgan fingerprint density at radius 2 is 1.89 bits per heavy atom. The highest BCUT2D eigenvalue weighted by Crippen LogP contribution is 2.19. The first-order valence-electron chi connectivity index (χ1n) is 10.2. The Labute approximate surface area is 163 Å². The fourth-order valence-electron chi connectivity index (χ4n) is 3.58. The molecule has 1 aliphatic carbocycles. The molecule has 2 rings (SSSR count). The maximum Gasteiger partial charge on any atom is 0.191 e. The van der Waals surface area contributed by atoms with Gasteiger partial charge in [0, 0.05) is 38.5 Å². The first kappa shape index (κ1) is 21.7. The number of nitrogens with one attached hydrogen (secondary N) is 2. The zero-order chi connectivity index (χ0) is 19.5. The lowest BCUT2D eigenvalue weighted by Crippen LogP contribution is -2.39. The molecule has 0 radical (unpaired) electrons. The van der Waals surface area contributed by atoms with E-state index in [-0.39, 0.29) is 0 Å². The van der Waals surface area contributed by atoms with Crippen LogP contribution in [-0.4, -0.2) is 55.8 Å². The van der Waals surface area contributed by atoms with E-state index in [0.717, 1.165) is 31.3 Å². The number of nitrogens with zero attached hydrogens (tertiary/aromatic N) is 3. The molecule has 0 aliphatic heterocycles. The van der Waals surface area contributed by atoms with E-state index in [1.165, 1.54) is 49.8 Å². The molecule has 1 heterocycles. The van der Waals surface area contributed by atoms with Crippen molar-refractivity contribution in [2.24, 2.45) is 4.99 Å². The Hall–Kier alpha value is -1.60. The Morgan fingerprint density at radius 3 is 2.56 bits per heavy atom. The largest absolute Gasteiger partial charge is 0.383 e. The number of aromatic nitrogens is 2. The molecule has 7 nitrogen and oxygen atoms in total. The maximum atomic E-state index is 6.03. The van der Waals surface area contributed by atoms with Crippen LogP contribution in [0.15, 0.2) is 4.99 Å². The number of guanidine groups is 1. The van der Waals surface area contributed by atoms with Crippen LogP contribution < -0.4 is 10.6 Å². The molecular formula is C20H37N5O2. The van der Waals surface area contributed by atoms with Crippen molar-refractivity contribution >= 4 is 5.96 Å². The maximum absolute atomic E-state index is 6.03. The van der Waals surface area contributed by atoms with Gasteiger partial charge in [-0.1, -0.05) is 25.7 Å². The van der Waals surface area contributed by atoms with Gasteiger partial charge < -0.3 is 20.1 Å². The molecule has 0 atom stereocenters. The van der Waals surface area contributed by atoms with Crippen LogP contribution in [0.5, 0.6) is 0 Å². The lowest BCUT2D eigenvalue weighted by molar-refractivity contribution is 0.0468. The number of aliphatic imine (C=N–C) groups is 1. The molecule has 154 valence electrons. The normalized spacial score (nSPS) is 16.4. The summed E-state index contributed by atoms with van der Waals surface area (Å²) in [5.41, 5.74) is 3.43. The van der Waals surface area contributed by atoms with Crippen LogP contribution >= 0.6 is 0 Å². The van der Waals surface area contributed by atoms with Gasteiger partial charge in [0.1, 0.15) is 0 Å². The summed E-state index contributed by atoms with van der Waals surface area (Å²) in [5.74, 6) is 0.794. The second-order valence-corrected chi connectivity index (χ2v) is 7.20. The van der Waals surface area contributed by atoms with Gasteiger partial charge in [-0.15, -0.1) is 0 Å². The van der Waals surface area contributed by atoms with Gasteiger partial charge in [0.15, 0.2) is 5.96 Å².